The third kappa shape index (κ3) is 5.32. The maximum absolute atomic E-state index is 12.6. The Kier molecular flexibility index (Phi) is 6.14. The van der Waals surface area contributed by atoms with Gasteiger partial charge in [0.25, 0.3) is 0 Å². The first kappa shape index (κ1) is 20.5. The van der Waals surface area contributed by atoms with Gasteiger partial charge in [-0.2, -0.15) is 4.31 Å². The molecule has 0 bridgehead atoms. The van der Waals surface area contributed by atoms with Gasteiger partial charge in [0, 0.05) is 25.2 Å². The maximum Gasteiger partial charge on any atom is 0.573 e. The van der Waals surface area contributed by atoms with Crippen LogP contribution in [0.25, 0.3) is 0 Å². The summed E-state index contributed by atoms with van der Waals surface area (Å²) in [5, 5.41) is 8.81. The minimum absolute atomic E-state index is 0.0718. The van der Waals surface area contributed by atoms with E-state index in [9.17, 15) is 26.4 Å². The Bertz CT molecular complexity index is 746. The van der Waals surface area contributed by atoms with Crippen molar-refractivity contribution in [3.63, 3.8) is 0 Å². The standard InChI is InChI=1S/C15H19F3N2O5S/c1-19(10-14(21)22)11-5-7-20(8-6-11)26(23,24)13-4-2-3-12(9-13)25-15(16,17)18/h2-4,9,11H,5-8,10H2,1H3,(H,21,22). The normalized spacial score (nSPS) is 17.4. The zero-order valence-corrected chi connectivity index (χ0v) is 14.8. The Morgan fingerprint density at radius 2 is 1.96 bits per heavy atom. The molecule has 1 saturated heterocycles. The van der Waals surface area contributed by atoms with E-state index < -0.39 is 28.1 Å². The highest BCUT2D eigenvalue weighted by atomic mass is 32.2. The fourth-order valence-corrected chi connectivity index (χ4v) is 4.35. The summed E-state index contributed by atoms with van der Waals surface area (Å²) in [6, 6.07) is 4.19. The van der Waals surface area contributed by atoms with Gasteiger partial charge in [-0.05, 0) is 32.0 Å². The van der Waals surface area contributed by atoms with Gasteiger partial charge in [-0.3, -0.25) is 9.69 Å². The van der Waals surface area contributed by atoms with Crippen molar-refractivity contribution >= 4 is 16.0 Å². The van der Waals surface area contributed by atoms with Crippen molar-refractivity contribution in [3.05, 3.63) is 24.3 Å². The Balaban J connectivity index is 2.07. The second-order valence-corrected chi connectivity index (χ2v) is 7.90. The van der Waals surface area contributed by atoms with Crippen LogP contribution < -0.4 is 4.74 Å². The van der Waals surface area contributed by atoms with Crippen molar-refractivity contribution in [1.29, 1.82) is 0 Å². The van der Waals surface area contributed by atoms with Crippen molar-refractivity contribution < 1.29 is 36.2 Å². The summed E-state index contributed by atoms with van der Waals surface area (Å²) in [6.07, 6.45) is -4.04. The van der Waals surface area contributed by atoms with Crippen LogP contribution in [0.4, 0.5) is 13.2 Å². The topological polar surface area (TPSA) is 87.2 Å². The molecule has 0 saturated carbocycles. The quantitative estimate of drug-likeness (QED) is 0.789. The molecule has 0 atom stereocenters. The van der Waals surface area contributed by atoms with Gasteiger partial charge in [-0.25, -0.2) is 8.42 Å². The lowest BCUT2D eigenvalue weighted by atomic mass is 10.1. The zero-order valence-electron chi connectivity index (χ0n) is 13.9. The summed E-state index contributed by atoms with van der Waals surface area (Å²) < 4.78 is 67.1. The SMILES string of the molecule is CN(CC(=O)O)C1CCN(S(=O)(=O)c2cccc(OC(F)(F)F)c2)CC1. The highest BCUT2D eigenvalue weighted by Gasteiger charge is 2.33. The van der Waals surface area contributed by atoms with Crippen molar-refractivity contribution in [2.75, 3.05) is 26.7 Å². The van der Waals surface area contributed by atoms with Crippen molar-refractivity contribution in [1.82, 2.24) is 9.21 Å². The van der Waals surface area contributed by atoms with Gasteiger partial charge in [0.2, 0.25) is 10.0 Å². The molecule has 1 aromatic carbocycles. The molecule has 0 amide bonds. The van der Waals surface area contributed by atoms with E-state index in [0.717, 1.165) is 12.1 Å². The minimum atomic E-state index is -4.91. The van der Waals surface area contributed by atoms with Crippen molar-refractivity contribution in [2.24, 2.45) is 0 Å². The van der Waals surface area contributed by atoms with Gasteiger partial charge < -0.3 is 9.84 Å². The smallest absolute Gasteiger partial charge is 0.480 e. The second kappa shape index (κ2) is 7.80. The number of carbonyl (C=O) groups is 1. The predicted octanol–water partition coefficient (Wildman–Crippen LogP) is 1.75. The molecule has 1 aromatic rings. The molecule has 0 radical (unpaired) electrons. The number of halogens is 3. The number of carboxylic acids is 1. The number of hydrogen-bond donors (Lipinski definition) is 1. The highest BCUT2D eigenvalue weighted by Crippen LogP contribution is 2.28. The van der Waals surface area contributed by atoms with E-state index in [-0.39, 0.29) is 30.6 Å². The van der Waals surface area contributed by atoms with Crippen LogP contribution in [0.3, 0.4) is 0 Å². The summed E-state index contributed by atoms with van der Waals surface area (Å²) in [5.41, 5.74) is 0. The molecule has 0 aromatic heterocycles. The summed E-state index contributed by atoms with van der Waals surface area (Å²) in [6.45, 7) is 0.164. The maximum atomic E-state index is 12.6. The van der Waals surface area contributed by atoms with Crippen LogP contribution in [0, 0.1) is 0 Å². The summed E-state index contributed by atoms with van der Waals surface area (Å²) >= 11 is 0. The number of alkyl halides is 3. The average molecular weight is 396 g/mol. The number of ether oxygens (including phenoxy) is 1. The molecule has 1 aliphatic heterocycles. The van der Waals surface area contributed by atoms with Gasteiger partial charge in [0.05, 0.1) is 11.4 Å². The molecule has 7 nitrogen and oxygen atoms in total. The van der Waals surface area contributed by atoms with Crippen LogP contribution in [0.2, 0.25) is 0 Å². The summed E-state index contributed by atoms with van der Waals surface area (Å²) in [4.78, 5) is 12.1. The third-order valence-electron chi connectivity index (χ3n) is 4.11. The van der Waals surface area contributed by atoms with Crippen LogP contribution in [-0.4, -0.2) is 67.8 Å². The first-order valence-electron chi connectivity index (χ1n) is 7.77. The van der Waals surface area contributed by atoms with E-state index in [1.807, 2.05) is 0 Å². The summed E-state index contributed by atoms with van der Waals surface area (Å²) in [7, 11) is -2.31. The lowest BCUT2D eigenvalue weighted by molar-refractivity contribution is -0.274. The van der Waals surface area contributed by atoms with Crippen LogP contribution >= 0.6 is 0 Å². The molecular weight excluding hydrogens is 377 g/mol. The van der Waals surface area contributed by atoms with Gasteiger partial charge in [0.1, 0.15) is 5.75 Å². The average Bonchev–Trinajstić information content (AvgIpc) is 2.53. The van der Waals surface area contributed by atoms with Crippen molar-refractivity contribution in [3.8, 4) is 5.75 Å². The molecule has 146 valence electrons. The van der Waals surface area contributed by atoms with E-state index in [4.69, 9.17) is 5.11 Å². The highest BCUT2D eigenvalue weighted by molar-refractivity contribution is 7.89. The van der Waals surface area contributed by atoms with Crippen LogP contribution in [0.15, 0.2) is 29.2 Å². The molecule has 11 heteroatoms. The minimum Gasteiger partial charge on any atom is -0.480 e. The number of piperidine rings is 1. The van der Waals surface area contributed by atoms with Crippen molar-refractivity contribution in [2.45, 2.75) is 30.1 Å². The van der Waals surface area contributed by atoms with Gasteiger partial charge >= 0.3 is 12.3 Å². The molecule has 0 spiro atoms. The number of likely N-dealkylation sites (N-methyl/N-ethyl adjacent to an activating group) is 1. The molecule has 1 heterocycles. The van der Waals surface area contributed by atoms with Crippen LogP contribution in [0.1, 0.15) is 12.8 Å². The first-order chi connectivity index (χ1) is 12.0. The van der Waals surface area contributed by atoms with E-state index >= 15 is 0 Å². The van der Waals surface area contributed by atoms with Gasteiger partial charge in [-0.1, -0.05) is 6.07 Å². The fraction of sp³-hybridized carbons (Fsp3) is 0.533. The Morgan fingerprint density at radius 3 is 2.50 bits per heavy atom. The molecule has 1 fully saturated rings. The molecule has 1 N–H and O–H groups in total. The summed E-state index contributed by atoms with van der Waals surface area (Å²) in [5.74, 6) is -1.57. The number of aliphatic carboxylic acids is 1. The van der Waals surface area contributed by atoms with E-state index in [1.54, 1.807) is 11.9 Å². The number of hydrogen-bond acceptors (Lipinski definition) is 5. The largest absolute Gasteiger partial charge is 0.573 e. The molecule has 0 unspecified atom stereocenters. The molecule has 1 aliphatic rings. The van der Waals surface area contributed by atoms with Gasteiger partial charge in [-0.15, -0.1) is 13.2 Å². The van der Waals surface area contributed by atoms with E-state index in [2.05, 4.69) is 4.74 Å². The second-order valence-electron chi connectivity index (χ2n) is 5.97. The monoisotopic (exact) mass is 396 g/mol. The fourth-order valence-electron chi connectivity index (χ4n) is 2.85. The van der Waals surface area contributed by atoms with E-state index in [1.165, 1.54) is 16.4 Å². The lowest BCUT2D eigenvalue weighted by Crippen LogP contribution is -2.46. The Morgan fingerprint density at radius 1 is 1.35 bits per heavy atom. The number of benzene rings is 1. The third-order valence-corrected chi connectivity index (χ3v) is 6.00. The molecule has 0 aliphatic carbocycles. The molecule has 26 heavy (non-hydrogen) atoms. The Hall–Kier alpha value is -1.85. The number of carboxylic acid groups (broad SMARTS) is 1. The van der Waals surface area contributed by atoms with Crippen LogP contribution in [-0.2, 0) is 14.8 Å². The molecule has 2 rings (SSSR count). The van der Waals surface area contributed by atoms with Gasteiger partial charge in [0.15, 0.2) is 0 Å². The molecular formula is C15H19F3N2O5S. The number of nitrogens with zero attached hydrogens (tertiary/aromatic N) is 2. The predicted molar refractivity (Wildman–Crippen MR) is 85.2 cm³/mol. The van der Waals surface area contributed by atoms with E-state index in [0.29, 0.717) is 12.8 Å². The van der Waals surface area contributed by atoms with Crippen LogP contribution in [0.5, 0.6) is 5.75 Å². The zero-order chi connectivity index (χ0) is 19.5. The number of sulfonamides is 1. The Labute approximate surface area is 149 Å². The number of rotatable bonds is 6. The lowest BCUT2D eigenvalue weighted by Gasteiger charge is -2.35. The first-order valence-corrected chi connectivity index (χ1v) is 9.21.